The van der Waals surface area contributed by atoms with Gasteiger partial charge in [0.25, 0.3) is 0 Å². The fourth-order valence-electron chi connectivity index (χ4n) is 2.73. The molecule has 2 N–H and O–H groups in total. The van der Waals surface area contributed by atoms with E-state index in [-0.39, 0.29) is 18.6 Å². The highest BCUT2D eigenvalue weighted by Crippen LogP contribution is 2.16. The number of nitrogens with one attached hydrogen (secondary N) is 1. The van der Waals surface area contributed by atoms with Crippen LogP contribution >= 0.6 is 0 Å². The summed E-state index contributed by atoms with van der Waals surface area (Å²) in [6.45, 7) is 6.31. The monoisotopic (exact) mass is 276 g/mol. The van der Waals surface area contributed by atoms with Crippen molar-refractivity contribution in [1.82, 2.24) is 10.2 Å². The molecule has 2 amide bonds. The van der Waals surface area contributed by atoms with E-state index in [1.807, 2.05) is 4.90 Å². The number of aliphatic hydroxyl groups is 1. The molecule has 1 aliphatic heterocycles. The second kappa shape index (κ2) is 6.75. The highest BCUT2D eigenvalue weighted by Gasteiger charge is 2.22. The standard InChI is InChI=1S/C16H24N2O2/c1-12-5-6-15(13(2)8-12)9-17-16(20)18-7-3-4-14(10-18)11-19/h5-6,8,14,19H,3-4,7,9-11H2,1-2H3,(H,17,20). The summed E-state index contributed by atoms with van der Waals surface area (Å²) < 4.78 is 0. The van der Waals surface area contributed by atoms with Crippen molar-refractivity contribution in [3.8, 4) is 0 Å². The third-order valence-corrected chi connectivity index (χ3v) is 3.99. The van der Waals surface area contributed by atoms with Gasteiger partial charge in [0.15, 0.2) is 0 Å². The Morgan fingerprint density at radius 3 is 2.95 bits per heavy atom. The zero-order valence-electron chi connectivity index (χ0n) is 12.4. The molecule has 1 aromatic rings. The largest absolute Gasteiger partial charge is 0.396 e. The van der Waals surface area contributed by atoms with Gasteiger partial charge in [-0.3, -0.25) is 0 Å². The van der Waals surface area contributed by atoms with Crippen LogP contribution in [0.2, 0.25) is 0 Å². The summed E-state index contributed by atoms with van der Waals surface area (Å²) in [6, 6.07) is 6.24. The Hall–Kier alpha value is -1.55. The number of hydrogen-bond acceptors (Lipinski definition) is 2. The lowest BCUT2D eigenvalue weighted by Gasteiger charge is -2.31. The summed E-state index contributed by atoms with van der Waals surface area (Å²) in [5.41, 5.74) is 3.59. The molecule has 0 aromatic heterocycles. The highest BCUT2D eigenvalue weighted by atomic mass is 16.3. The number of aryl methyl sites for hydroxylation is 2. The first-order valence-corrected chi connectivity index (χ1v) is 7.30. The summed E-state index contributed by atoms with van der Waals surface area (Å²) in [4.78, 5) is 14.0. The smallest absolute Gasteiger partial charge is 0.317 e. The maximum absolute atomic E-state index is 12.1. The molecular weight excluding hydrogens is 252 g/mol. The number of rotatable bonds is 3. The average Bonchev–Trinajstić information content (AvgIpc) is 2.46. The van der Waals surface area contributed by atoms with E-state index in [0.717, 1.165) is 24.9 Å². The van der Waals surface area contributed by atoms with Gasteiger partial charge in [-0.05, 0) is 43.7 Å². The number of amides is 2. The van der Waals surface area contributed by atoms with E-state index in [2.05, 4.69) is 37.4 Å². The normalized spacial score (nSPS) is 18.9. The Balaban J connectivity index is 1.88. The molecule has 1 heterocycles. The molecule has 0 spiro atoms. The van der Waals surface area contributed by atoms with Gasteiger partial charge in [-0.2, -0.15) is 0 Å². The fraction of sp³-hybridized carbons (Fsp3) is 0.562. The van der Waals surface area contributed by atoms with Crippen LogP contribution in [0.25, 0.3) is 0 Å². The summed E-state index contributed by atoms with van der Waals surface area (Å²) >= 11 is 0. The number of likely N-dealkylation sites (tertiary alicyclic amines) is 1. The molecule has 0 bridgehead atoms. The number of nitrogens with zero attached hydrogens (tertiary/aromatic N) is 1. The third kappa shape index (κ3) is 3.73. The predicted molar refractivity (Wildman–Crippen MR) is 79.5 cm³/mol. The van der Waals surface area contributed by atoms with Gasteiger partial charge in [0, 0.05) is 26.2 Å². The van der Waals surface area contributed by atoms with Gasteiger partial charge in [0.05, 0.1) is 0 Å². The molecule has 0 radical (unpaired) electrons. The van der Waals surface area contributed by atoms with Crippen LogP contribution in [0.1, 0.15) is 29.5 Å². The van der Waals surface area contributed by atoms with Crippen LogP contribution in [-0.4, -0.2) is 35.7 Å². The summed E-state index contributed by atoms with van der Waals surface area (Å²) in [7, 11) is 0. The van der Waals surface area contributed by atoms with E-state index in [4.69, 9.17) is 0 Å². The number of aliphatic hydroxyl groups excluding tert-OH is 1. The first-order chi connectivity index (χ1) is 9.60. The molecule has 1 aromatic carbocycles. The Morgan fingerprint density at radius 1 is 1.45 bits per heavy atom. The number of benzene rings is 1. The number of carbonyl (C=O) groups excluding carboxylic acids is 1. The van der Waals surface area contributed by atoms with Gasteiger partial charge in [0.2, 0.25) is 0 Å². The zero-order valence-corrected chi connectivity index (χ0v) is 12.4. The minimum atomic E-state index is -0.0249. The lowest BCUT2D eigenvalue weighted by Crippen LogP contribution is -2.46. The van der Waals surface area contributed by atoms with Crippen molar-refractivity contribution in [3.05, 3.63) is 34.9 Å². The van der Waals surface area contributed by atoms with E-state index < -0.39 is 0 Å². The minimum absolute atomic E-state index is 0.0249. The van der Waals surface area contributed by atoms with Gasteiger partial charge >= 0.3 is 6.03 Å². The van der Waals surface area contributed by atoms with Crippen LogP contribution in [-0.2, 0) is 6.54 Å². The van der Waals surface area contributed by atoms with Crippen molar-refractivity contribution in [2.45, 2.75) is 33.2 Å². The topological polar surface area (TPSA) is 52.6 Å². The van der Waals surface area contributed by atoms with Crippen LogP contribution in [0.15, 0.2) is 18.2 Å². The zero-order chi connectivity index (χ0) is 14.5. The summed E-state index contributed by atoms with van der Waals surface area (Å²) in [5, 5.41) is 12.2. The van der Waals surface area contributed by atoms with E-state index in [1.54, 1.807) is 0 Å². The lowest BCUT2D eigenvalue weighted by molar-refractivity contribution is 0.129. The summed E-state index contributed by atoms with van der Waals surface area (Å²) in [6.07, 6.45) is 1.99. The first kappa shape index (κ1) is 14.9. The molecule has 1 unspecified atom stereocenters. The van der Waals surface area contributed by atoms with Gasteiger partial charge < -0.3 is 15.3 Å². The number of urea groups is 1. The van der Waals surface area contributed by atoms with Crippen molar-refractivity contribution in [2.24, 2.45) is 5.92 Å². The van der Waals surface area contributed by atoms with Crippen molar-refractivity contribution in [2.75, 3.05) is 19.7 Å². The van der Waals surface area contributed by atoms with Crippen molar-refractivity contribution >= 4 is 6.03 Å². The van der Waals surface area contributed by atoms with E-state index in [1.165, 1.54) is 11.1 Å². The predicted octanol–water partition coefficient (Wildman–Crippen LogP) is 2.22. The number of hydrogen-bond donors (Lipinski definition) is 2. The number of piperidine rings is 1. The van der Waals surface area contributed by atoms with E-state index in [9.17, 15) is 9.90 Å². The summed E-state index contributed by atoms with van der Waals surface area (Å²) in [5.74, 6) is 0.232. The Morgan fingerprint density at radius 2 is 2.25 bits per heavy atom. The highest BCUT2D eigenvalue weighted by molar-refractivity contribution is 5.74. The molecule has 2 rings (SSSR count). The van der Waals surface area contributed by atoms with E-state index >= 15 is 0 Å². The van der Waals surface area contributed by atoms with Crippen LogP contribution in [0.4, 0.5) is 4.79 Å². The maximum Gasteiger partial charge on any atom is 0.317 e. The first-order valence-electron chi connectivity index (χ1n) is 7.30. The fourth-order valence-corrected chi connectivity index (χ4v) is 2.73. The molecule has 20 heavy (non-hydrogen) atoms. The second-order valence-corrected chi connectivity index (χ2v) is 5.73. The Bertz CT molecular complexity index is 474. The third-order valence-electron chi connectivity index (χ3n) is 3.99. The Kier molecular flexibility index (Phi) is 5.01. The van der Waals surface area contributed by atoms with Crippen LogP contribution in [0.3, 0.4) is 0 Å². The SMILES string of the molecule is Cc1ccc(CNC(=O)N2CCCC(CO)C2)c(C)c1. The maximum atomic E-state index is 12.1. The lowest BCUT2D eigenvalue weighted by atomic mass is 9.99. The molecule has 0 aliphatic carbocycles. The molecule has 110 valence electrons. The molecule has 4 nitrogen and oxygen atoms in total. The van der Waals surface area contributed by atoms with Gasteiger partial charge in [-0.15, -0.1) is 0 Å². The molecule has 1 atom stereocenters. The second-order valence-electron chi connectivity index (χ2n) is 5.73. The van der Waals surface area contributed by atoms with Gasteiger partial charge in [-0.1, -0.05) is 23.8 Å². The van der Waals surface area contributed by atoms with Gasteiger partial charge in [-0.25, -0.2) is 4.79 Å². The quantitative estimate of drug-likeness (QED) is 0.889. The van der Waals surface area contributed by atoms with Crippen LogP contribution in [0.5, 0.6) is 0 Å². The van der Waals surface area contributed by atoms with Gasteiger partial charge in [0.1, 0.15) is 0 Å². The molecule has 0 saturated carbocycles. The average molecular weight is 276 g/mol. The van der Waals surface area contributed by atoms with Crippen LogP contribution < -0.4 is 5.32 Å². The Labute approximate surface area is 120 Å². The van der Waals surface area contributed by atoms with E-state index in [0.29, 0.717) is 13.1 Å². The molecule has 4 heteroatoms. The molecular formula is C16H24N2O2. The molecule has 1 fully saturated rings. The molecule has 1 saturated heterocycles. The molecule has 1 aliphatic rings. The van der Waals surface area contributed by atoms with Crippen LogP contribution in [0, 0.1) is 19.8 Å². The minimum Gasteiger partial charge on any atom is -0.396 e. The van der Waals surface area contributed by atoms with Crippen molar-refractivity contribution < 1.29 is 9.90 Å². The number of carbonyl (C=O) groups is 1. The van der Waals surface area contributed by atoms with Crippen molar-refractivity contribution in [1.29, 1.82) is 0 Å². The van der Waals surface area contributed by atoms with Crippen molar-refractivity contribution in [3.63, 3.8) is 0 Å².